The third-order valence-electron chi connectivity index (χ3n) is 4.62. The molecule has 0 aromatic carbocycles. The number of ether oxygens (including phenoxy) is 1. The molecule has 130 valence electrons. The van der Waals surface area contributed by atoms with Crippen LogP contribution in [-0.4, -0.2) is 59.3 Å². The normalized spacial score (nSPS) is 21.0. The zero-order chi connectivity index (χ0) is 16.9. The second-order valence-corrected chi connectivity index (χ2v) is 6.23. The molecular formula is C17H24N4O3. The maximum atomic E-state index is 12.8. The van der Waals surface area contributed by atoms with Gasteiger partial charge >= 0.3 is 5.97 Å². The van der Waals surface area contributed by atoms with Crippen molar-refractivity contribution in [1.29, 1.82) is 0 Å². The highest BCUT2D eigenvalue weighted by Crippen LogP contribution is 2.21. The van der Waals surface area contributed by atoms with Crippen LogP contribution < -0.4 is 4.90 Å². The van der Waals surface area contributed by atoms with Gasteiger partial charge in [0.25, 0.3) is 5.91 Å². The van der Waals surface area contributed by atoms with Gasteiger partial charge in [0.2, 0.25) is 0 Å². The van der Waals surface area contributed by atoms with E-state index in [1.165, 1.54) is 0 Å². The average Bonchev–Trinajstić information content (AvgIpc) is 3.16. The van der Waals surface area contributed by atoms with Crippen molar-refractivity contribution in [3.8, 4) is 0 Å². The van der Waals surface area contributed by atoms with E-state index >= 15 is 0 Å². The molecule has 0 spiro atoms. The molecule has 0 aliphatic carbocycles. The first-order valence-corrected chi connectivity index (χ1v) is 8.77. The number of carbonyl (C=O) groups excluding carboxylic acids is 2. The molecular weight excluding hydrogens is 308 g/mol. The number of rotatable bonds is 4. The molecule has 7 heteroatoms. The van der Waals surface area contributed by atoms with E-state index in [1.807, 2.05) is 6.07 Å². The Balaban J connectivity index is 1.72. The van der Waals surface area contributed by atoms with Crippen molar-refractivity contribution in [3.63, 3.8) is 0 Å². The number of nitrogens with zero attached hydrogens (tertiary/aromatic N) is 4. The molecule has 1 aromatic heterocycles. The SMILES string of the molecule is CCOC(=O)[C@H]1CCCCN1C(=O)c1ccc(N2CCCC2)nn1. The maximum absolute atomic E-state index is 12.8. The van der Waals surface area contributed by atoms with Gasteiger partial charge in [-0.15, -0.1) is 10.2 Å². The fourth-order valence-electron chi connectivity index (χ4n) is 3.36. The topological polar surface area (TPSA) is 75.6 Å². The van der Waals surface area contributed by atoms with E-state index in [0.717, 1.165) is 44.6 Å². The summed E-state index contributed by atoms with van der Waals surface area (Å²) in [5.41, 5.74) is 0.286. The summed E-state index contributed by atoms with van der Waals surface area (Å²) in [4.78, 5) is 28.6. The number of carbonyl (C=O) groups is 2. The van der Waals surface area contributed by atoms with E-state index in [4.69, 9.17) is 4.74 Å². The average molecular weight is 332 g/mol. The lowest BCUT2D eigenvalue weighted by Crippen LogP contribution is -2.49. The summed E-state index contributed by atoms with van der Waals surface area (Å²) in [7, 11) is 0. The second-order valence-electron chi connectivity index (χ2n) is 6.23. The minimum absolute atomic E-state index is 0.242. The fraction of sp³-hybridized carbons (Fsp3) is 0.647. The zero-order valence-electron chi connectivity index (χ0n) is 14.1. The largest absolute Gasteiger partial charge is 0.464 e. The van der Waals surface area contributed by atoms with Gasteiger partial charge < -0.3 is 14.5 Å². The lowest BCUT2D eigenvalue weighted by Gasteiger charge is -2.33. The van der Waals surface area contributed by atoms with E-state index in [0.29, 0.717) is 19.6 Å². The third-order valence-corrected chi connectivity index (χ3v) is 4.62. The molecule has 0 bridgehead atoms. The molecule has 2 fully saturated rings. The van der Waals surface area contributed by atoms with Gasteiger partial charge in [-0.1, -0.05) is 0 Å². The summed E-state index contributed by atoms with van der Waals surface area (Å²) in [6.07, 6.45) is 4.78. The summed E-state index contributed by atoms with van der Waals surface area (Å²) in [6, 6.07) is 3.04. The van der Waals surface area contributed by atoms with E-state index in [1.54, 1.807) is 17.9 Å². The Morgan fingerprint density at radius 3 is 2.54 bits per heavy atom. The van der Waals surface area contributed by atoms with E-state index < -0.39 is 6.04 Å². The van der Waals surface area contributed by atoms with Gasteiger partial charge in [-0.25, -0.2) is 4.79 Å². The molecule has 0 saturated carbocycles. The smallest absolute Gasteiger partial charge is 0.328 e. The highest BCUT2D eigenvalue weighted by molar-refractivity contribution is 5.95. The first-order valence-electron chi connectivity index (χ1n) is 8.77. The Morgan fingerprint density at radius 2 is 1.88 bits per heavy atom. The molecule has 2 saturated heterocycles. The van der Waals surface area contributed by atoms with Crippen LogP contribution in [0.5, 0.6) is 0 Å². The Bertz CT molecular complexity index is 584. The summed E-state index contributed by atoms with van der Waals surface area (Å²) in [5, 5.41) is 8.30. The molecule has 0 unspecified atom stereocenters. The van der Waals surface area contributed by atoms with Gasteiger partial charge in [0, 0.05) is 19.6 Å². The number of piperidine rings is 1. The minimum Gasteiger partial charge on any atom is -0.464 e. The molecule has 0 N–H and O–H groups in total. The predicted octanol–water partition coefficient (Wildman–Crippen LogP) is 1.63. The van der Waals surface area contributed by atoms with Crippen molar-refractivity contribution in [3.05, 3.63) is 17.8 Å². The van der Waals surface area contributed by atoms with Crippen LogP contribution in [0.3, 0.4) is 0 Å². The Hall–Kier alpha value is -2.18. The zero-order valence-corrected chi connectivity index (χ0v) is 14.1. The Labute approximate surface area is 142 Å². The molecule has 1 aromatic rings. The van der Waals surface area contributed by atoms with Crippen molar-refractivity contribution in [2.24, 2.45) is 0 Å². The van der Waals surface area contributed by atoms with Crippen LogP contribution in [0, 0.1) is 0 Å². The summed E-state index contributed by atoms with van der Waals surface area (Å²) >= 11 is 0. The van der Waals surface area contributed by atoms with Crippen molar-refractivity contribution < 1.29 is 14.3 Å². The summed E-state index contributed by atoms with van der Waals surface area (Å²) in [6.45, 7) is 4.62. The maximum Gasteiger partial charge on any atom is 0.328 e. The molecule has 7 nitrogen and oxygen atoms in total. The van der Waals surface area contributed by atoms with Crippen LogP contribution in [0.25, 0.3) is 0 Å². The van der Waals surface area contributed by atoms with Gasteiger partial charge in [-0.05, 0) is 51.2 Å². The highest BCUT2D eigenvalue weighted by atomic mass is 16.5. The summed E-state index contributed by atoms with van der Waals surface area (Å²) < 4.78 is 5.11. The van der Waals surface area contributed by atoms with E-state index in [2.05, 4.69) is 15.1 Å². The van der Waals surface area contributed by atoms with Gasteiger partial charge in [-0.2, -0.15) is 0 Å². The van der Waals surface area contributed by atoms with Crippen molar-refractivity contribution in [1.82, 2.24) is 15.1 Å². The van der Waals surface area contributed by atoms with E-state index in [-0.39, 0.29) is 17.6 Å². The second kappa shape index (κ2) is 7.59. The van der Waals surface area contributed by atoms with Crippen LogP contribution in [0.4, 0.5) is 5.82 Å². The van der Waals surface area contributed by atoms with E-state index in [9.17, 15) is 9.59 Å². The standard InChI is InChI=1S/C17H24N4O3/c1-2-24-17(23)14-7-3-4-12-21(14)16(22)13-8-9-15(19-18-13)20-10-5-6-11-20/h8-9,14H,2-7,10-12H2,1H3/t14-/m1/s1. The molecule has 24 heavy (non-hydrogen) atoms. The third kappa shape index (κ3) is 3.49. The van der Waals surface area contributed by atoms with Crippen molar-refractivity contribution >= 4 is 17.7 Å². The molecule has 1 atom stereocenters. The lowest BCUT2D eigenvalue weighted by molar-refractivity contribution is -0.149. The molecule has 3 rings (SSSR count). The van der Waals surface area contributed by atoms with Gasteiger partial charge in [0.1, 0.15) is 6.04 Å². The fourth-order valence-corrected chi connectivity index (χ4v) is 3.36. The predicted molar refractivity (Wildman–Crippen MR) is 88.8 cm³/mol. The van der Waals surface area contributed by atoms with Gasteiger partial charge in [0.15, 0.2) is 11.5 Å². The number of hydrogen-bond donors (Lipinski definition) is 0. The Morgan fingerprint density at radius 1 is 1.12 bits per heavy atom. The number of likely N-dealkylation sites (tertiary alicyclic amines) is 1. The van der Waals surface area contributed by atoms with Crippen molar-refractivity contribution in [2.75, 3.05) is 31.1 Å². The first-order chi connectivity index (χ1) is 11.7. The number of hydrogen-bond acceptors (Lipinski definition) is 6. The Kier molecular flexibility index (Phi) is 5.27. The molecule has 2 aliphatic rings. The molecule has 2 aliphatic heterocycles. The van der Waals surface area contributed by atoms with Crippen molar-refractivity contribution in [2.45, 2.75) is 45.1 Å². The van der Waals surface area contributed by atoms with Gasteiger partial charge in [0.05, 0.1) is 6.61 Å². The number of anilines is 1. The molecule has 0 radical (unpaired) electrons. The molecule has 3 heterocycles. The minimum atomic E-state index is -0.508. The van der Waals surface area contributed by atoms with Gasteiger partial charge in [-0.3, -0.25) is 4.79 Å². The van der Waals surface area contributed by atoms with Crippen LogP contribution in [-0.2, 0) is 9.53 Å². The lowest BCUT2D eigenvalue weighted by atomic mass is 10.0. The summed E-state index contributed by atoms with van der Waals surface area (Å²) in [5.74, 6) is 0.241. The number of esters is 1. The van der Waals surface area contributed by atoms with Crippen LogP contribution >= 0.6 is 0 Å². The van der Waals surface area contributed by atoms with Crippen LogP contribution in [0.1, 0.15) is 49.5 Å². The van der Waals surface area contributed by atoms with Crippen LogP contribution in [0.15, 0.2) is 12.1 Å². The monoisotopic (exact) mass is 332 g/mol. The highest BCUT2D eigenvalue weighted by Gasteiger charge is 2.34. The first kappa shape index (κ1) is 16.7. The number of amides is 1. The quantitative estimate of drug-likeness (QED) is 0.780. The number of aromatic nitrogens is 2. The van der Waals surface area contributed by atoms with Crippen LogP contribution in [0.2, 0.25) is 0 Å². The molecule has 1 amide bonds.